The monoisotopic (exact) mass is 396 g/mol. The Bertz CT molecular complexity index is 1180. The molecule has 0 atom stereocenters. The van der Waals surface area contributed by atoms with Gasteiger partial charge in [0, 0.05) is 11.1 Å². The van der Waals surface area contributed by atoms with E-state index >= 15 is 0 Å². The maximum absolute atomic E-state index is 12.5. The van der Waals surface area contributed by atoms with Crippen molar-refractivity contribution in [3.8, 4) is 0 Å². The molecule has 0 fully saturated rings. The third-order valence-corrected chi connectivity index (χ3v) is 5.83. The summed E-state index contributed by atoms with van der Waals surface area (Å²) in [5.41, 5.74) is 2.49. The van der Waals surface area contributed by atoms with Crippen LogP contribution in [0.25, 0.3) is 10.2 Å². The van der Waals surface area contributed by atoms with Crippen molar-refractivity contribution >= 4 is 44.5 Å². The van der Waals surface area contributed by atoms with Crippen LogP contribution >= 0.6 is 22.7 Å². The number of hydrogen-bond donors (Lipinski definition) is 1. The zero-order valence-corrected chi connectivity index (χ0v) is 16.1. The van der Waals surface area contributed by atoms with E-state index in [4.69, 9.17) is 0 Å². The van der Waals surface area contributed by atoms with Crippen LogP contribution in [0.4, 0.5) is 5.69 Å². The number of para-hydroxylation sites is 1. The molecule has 0 saturated carbocycles. The molecule has 1 amide bonds. The van der Waals surface area contributed by atoms with Crippen LogP contribution < -0.4 is 10.9 Å². The first-order valence-corrected chi connectivity index (χ1v) is 10.1. The van der Waals surface area contributed by atoms with Gasteiger partial charge in [0.15, 0.2) is 0 Å². The number of aryl methyl sites for hydroxylation is 1. The van der Waals surface area contributed by atoms with Crippen molar-refractivity contribution in [3.05, 3.63) is 74.0 Å². The van der Waals surface area contributed by atoms with Gasteiger partial charge in [-0.2, -0.15) is 0 Å². The van der Waals surface area contributed by atoms with Crippen molar-refractivity contribution in [3.63, 3.8) is 0 Å². The van der Waals surface area contributed by atoms with Crippen LogP contribution in [-0.4, -0.2) is 20.4 Å². The second-order valence-electron chi connectivity index (χ2n) is 6.09. The highest BCUT2D eigenvalue weighted by atomic mass is 32.1. The van der Waals surface area contributed by atoms with Crippen molar-refractivity contribution < 1.29 is 4.79 Å². The molecule has 1 aromatic carbocycles. The molecule has 0 aliphatic heterocycles. The molecule has 4 rings (SSSR count). The van der Waals surface area contributed by atoms with Gasteiger partial charge in [-0.1, -0.05) is 18.2 Å². The number of nitrogens with zero attached hydrogens (tertiary/aromatic N) is 3. The SMILES string of the molecule is Cc1ccccc1NC(=O)Cc1nc(Cn2cnc3sccc3c2=O)cs1. The molecule has 0 aliphatic carbocycles. The van der Waals surface area contributed by atoms with Gasteiger partial charge in [0.1, 0.15) is 9.84 Å². The summed E-state index contributed by atoms with van der Waals surface area (Å²) in [5, 5.41) is 7.98. The van der Waals surface area contributed by atoms with Gasteiger partial charge >= 0.3 is 0 Å². The lowest BCUT2D eigenvalue weighted by Crippen LogP contribution is -2.20. The van der Waals surface area contributed by atoms with Gasteiger partial charge in [-0.15, -0.1) is 22.7 Å². The highest BCUT2D eigenvalue weighted by Crippen LogP contribution is 2.17. The fourth-order valence-corrected chi connectivity index (χ4v) is 4.24. The number of nitrogens with one attached hydrogen (secondary N) is 1. The van der Waals surface area contributed by atoms with Gasteiger partial charge in [0.05, 0.1) is 30.4 Å². The molecule has 27 heavy (non-hydrogen) atoms. The average molecular weight is 396 g/mol. The van der Waals surface area contributed by atoms with Gasteiger partial charge in [0.2, 0.25) is 5.91 Å². The smallest absolute Gasteiger partial charge is 0.262 e. The van der Waals surface area contributed by atoms with Crippen LogP contribution in [0.2, 0.25) is 0 Å². The summed E-state index contributed by atoms with van der Waals surface area (Å²) in [4.78, 5) is 34.3. The van der Waals surface area contributed by atoms with E-state index in [1.807, 2.05) is 41.9 Å². The quantitative estimate of drug-likeness (QED) is 0.560. The van der Waals surface area contributed by atoms with E-state index in [9.17, 15) is 9.59 Å². The molecule has 0 saturated heterocycles. The van der Waals surface area contributed by atoms with Gasteiger partial charge in [-0.05, 0) is 30.0 Å². The molecular weight excluding hydrogens is 380 g/mol. The first kappa shape index (κ1) is 17.6. The number of carbonyl (C=O) groups excluding carboxylic acids is 1. The highest BCUT2D eigenvalue weighted by Gasteiger charge is 2.11. The number of rotatable bonds is 5. The summed E-state index contributed by atoms with van der Waals surface area (Å²) < 4.78 is 1.54. The lowest BCUT2D eigenvalue weighted by molar-refractivity contribution is -0.115. The molecule has 3 heterocycles. The second-order valence-corrected chi connectivity index (χ2v) is 7.93. The molecule has 0 spiro atoms. The van der Waals surface area contributed by atoms with E-state index in [0.29, 0.717) is 16.9 Å². The largest absolute Gasteiger partial charge is 0.325 e. The Morgan fingerprint density at radius 2 is 2.07 bits per heavy atom. The Morgan fingerprint density at radius 1 is 1.22 bits per heavy atom. The zero-order chi connectivity index (χ0) is 18.8. The molecular formula is C19H16N4O2S2. The number of anilines is 1. The minimum atomic E-state index is -0.108. The van der Waals surface area contributed by atoms with Crippen molar-refractivity contribution in [2.24, 2.45) is 0 Å². The maximum Gasteiger partial charge on any atom is 0.262 e. The lowest BCUT2D eigenvalue weighted by atomic mass is 10.2. The van der Waals surface area contributed by atoms with E-state index in [-0.39, 0.29) is 17.9 Å². The Hall–Kier alpha value is -2.84. The predicted octanol–water partition coefficient (Wildman–Crippen LogP) is 3.45. The van der Waals surface area contributed by atoms with Crippen LogP contribution in [0.3, 0.4) is 0 Å². The van der Waals surface area contributed by atoms with E-state index in [1.54, 1.807) is 17.0 Å². The first-order chi connectivity index (χ1) is 13.1. The van der Waals surface area contributed by atoms with Crippen molar-refractivity contribution in [2.45, 2.75) is 19.9 Å². The van der Waals surface area contributed by atoms with Crippen LogP contribution in [0.5, 0.6) is 0 Å². The Labute approximate surface area is 163 Å². The normalized spacial score (nSPS) is 11.0. The summed E-state index contributed by atoms with van der Waals surface area (Å²) in [6.45, 7) is 2.29. The summed E-state index contributed by atoms with van der Waals surface area (Å²) in [6, 6.07) is 9.43. The van der Waals surface area contributed by atoms with Gasteiger partial charge < -0.3 is 5.32 Å². The van der Waals surface area contributed by atoms with Crippen LogP contribution in [0.1, 0.15) is 16.3 Å². The minimum Gasteiger partial charge on any atom is -0.325 e. The molecule has 0 aliphatic rings. The topological polar surface area (TPSA) is 76.9 Å². The van der Waals surface area contributed by atoms with Crippen molar-refractivity contribution in [1.29, 1.82) is 0 Å². The average Bonchev–Trinajstić information content (AvgIpc) is 3.29. The standard InChI is InChI=1S/C19H16N4O2S2/c1-12-4-2-3-5-15(12)22-16(24)8-17-21-13(10-27-17)9-23-11-20-18-14(19(23)25)6-7-26-18/h2-7,10-11H,8-9H2,1H3,(H,22,24). The number of thiophene rings is 1. The first-order valence-electron chi connectivity index (χ1n) is 8.31. The Balaban J connectivity index is 1.45. The van der Waals surface area contributed by atoms with Gasteiger partial charge in [-0.3, -0.25) is 14.2 Å². The highest BCUT2D eigenvalue weighted by molar-refractivity contribution is 7.16. The number of amides is 1. The van der Waals surface area contributed by atoms with E-state index in [1.165, 1.54) is 22.7 Å². The molecule has 1 N–H and O–H groups in total. The lowest BCUT2D eigenvalue weighted by Gasteiger charge is -2.06. The fraction of sp³-hybridized carbons (Fsp3) is 0.158. The molecule has 0 bridgehead atoms. The van der Waals surface area contributed by atoms with Gasteiger partial charge in [0.25, 0.3) is 5.56 Å². The van der Waals surface area contributed by atoms with E-state index in [0.717, 1.165) is 21.8 Å². The van der Waals surface area contributed by atoms with E-state index < -0.39 is 0 Å². The fourth-order valence-electron chi connectivity index (χ4n) is 2.73. The summed E-state index contributed by atoms with van der Waals surface area (Å²) >= 11 is 2.86. The molecule has 4 aromatic rings. The summed E-state index contributed by atoms with van der Waals surface area (Å²) in [7, 11) is 0. The molecule has 3 aromatic heterocycles. The third kappa shape index (κ3) is 3.81. The van der Waals surface area contributed by atoms with Gasteiger partial charge in [-0.25, -0.2) is 9.97 Å². The predicted molar refractivity (Wildman–Crippen MR) is 109 cm³/mol. The number of fused-ring (bicyclic) bond motifs is 1. The maximum atomic E-state index is 12.5. The van der Waals surface area contributed by atoms with Crippen LogP contribution in [0, 0.1) is 6.92 Å². The number of hydrogen-bond acceptors (Lipinski definition) is 6. The molecule has 0 radical (unpaired) electrons. The number of thiazole rings is 1. The summed E-state index contributed by atoms with van der Waals surface area (Å²) in [5.74, 6) is -0.108. The Morgan fingerprint density at radius 3 is 2.93 bits per heavy atom. The molecule has 8 heteroatoms. The molecule has 6 nitrogen and oxygen atoms in total. The Kier molecular flexibility index (Phi) is 4.83. The number of aromatic nitrogens is 3. The third-order valence-electron chi connectivity index (χ3n) is 4.11. The van der Waals surface area contributed by atoms with Crippen LogP contribution in [-0.2, 0) is 17.8 Å². The van der Waals surface area contributed by atoms with Crippen LogP contribution in [0.15, 0.2) is 52.2 Å². The van der Waals surface area contributed by atoms with Crippen molar-refractivity contribution in [1.82, 2.24) is 14.5 Å². The van der Waals surface area contributed by atoms with Crippen molar-refractivity contribution in [2.75, 3.05) is 5.32 Å². The number of benzene rings is 1. The minimum absolute atomic E-state index is 0.0758. The zero-order valence-electron chi connectivity index (χ0n) is 14.5. The van der Waals surface area contributed by atoms with E-state index in [2.05, 4.69) is 15.3 Å². The molecule has 0 unspecified atom stereocenters. The summed E-state index contributed by atoms with van der Waals surface area (Å²) in [6.07, 6.45) is 1.75. The second kappa shape index (κ2) is 7.42. The molecule has 136 valence electrons. The number of carbonyl (C=O) groups is 1.